The number of nitrogens with two attached hydrogens (primary N) is 1. The molecule has 1 aliphatic heterocycles. The van der Waals surface area contributed by atoms with E-state index in [1.807, 2.05) is 0 Å². The van der Waals surface area contributed by atoms with Gasteiger partial charge in [0.1, 0.15) is 11.9 Å². The molecule has 1 saturated carbocycles. The van der Waals surface area contributed by atoms with Crippen molar-refractivity contribution in [3.05, 3.63) is 35.6 Å². The Balaban J connectivity index is 1.81. The van der Waals surface area contributed by atoms with Crippen LogP contribution in [0.1, 0.15) is 24.8 Å². The van der Waals surface area contributed by atoms with Crippen molar-refractivity contribution in [2.45, 2.75) is 37.5 Å². The van der Waals surface area contributed by atoms with Gasteiger partial charge in [0.15, 0.2) is 0 Å². The highest BCUT2D eigenvalue weighted by atomic mass is 19.1. The number of rotatable bonds is 1. The molecule has 2 N–H and O–H groups in total. The summed E-state index contributed by atoms with van der Waals surface area (Å²) in [4.78, 5) is 4.55. The molecule has 3 rings (SSSR count). The van der Waals surface area contributed by atoms with Gasteiger partial charge in [-0.25, -0.2) is 9.38 Å². The lowest BCUT2D eigenvalue weighted by atomic mass is 9.90. The summed E-state index contributed by atoms with van der Waals surface area (Å²) in [5.74, 6) is 0.390. The van der Waals surface area contributed by atoms with Crippen LogP contribution in [-0.4, -0.2) is 24.1 Å². The molecule has 1 aliphatic carbocycles. The Bertz CT molecular complexity index is 443. The standard InChI is InChI=1S/C13H15FN2O/c14-9-3-1-8(2-4-9)13-16-11-7-10(15)5-6-12(11)17-13/h1-4,10-12H,5-7,15H2. The van der Waals surface area contributed by atoms with Crippen LogP contribution in [0.3, 0.4) is 0 Å². The van der Waals surface area contributed by atoms with Crippen molar-refractivity contribution >= 4 is 5.90 Å². The van der Waals surface area contributed by atoms with Crippen LogP contribution in [-0.2, 0) is 4.74 Å². The predicted octanol–water partition coefficient (Wildman–Crippen LogP) is 1.85. The van der Waals surface area contributed by atoms with Crippen molar-refractivity contribution < 1.29 is 9.13 Å². The summed E-state index contributed by atoms with van der Waals surface area (Å²) < 4.78 is 18.6. The van der Waals surface area contributed by atoms with E-state index < -0.39 is 0 Å². The number of hydrogen-bond acceptors (Lipinski definition) is 3. The van der Waals surface area contributed by atoms with E-state index in [0.717, 1.165) is 24.8 Å². The van der Waals surface area contributed by atoms with Crippen LogP contribution in [0, 0.1) is 5.82 Å². The first-order chi connectivity index (χ1) is 8.22. The van der Waals surface area contributed by atoms with Gasteiger partial charge >= 0.3 is 0 Å². The number of halogens is 1. The van der Waals surface area contributed by atoms with E-state index >= 15 is 0 Å². The van der Waals surface area contributed by atoms with Crippen LogP contribution in [0.4, 0.5) is 4.39 Å². The molecule has 90 valence electrons. The maximum Gasteiger partial charge on any atom is 0.216 e. The largest absolute Gasteiger partial charge is 0.472 e. The second kappa shape index (κ2) is 4.11. The summed E-state index contributed by atoms with van der Waals surface area (Å²) in [5, 5.41) is 0. The average molecular weight is 234 g/mol. The minimum Gasteiger partial charge on any atom is -0.472 e. The maximum absolute atomic E-state index is 12.8. The summed E-state index contributed by atoms with van der Waals surface area (Å²) in [7, 11) is 0. The third-order valence-electron chi connectivity index (χ3n) is 3.43. The highest BCUT2D eigenvalue weighted by Crippen LogP contribution is 2.29. The summed E-state index contributed by atoms with van der Waals surface area (Å²) in [6.07, 6.45) is 3.00. The lowest BCUT2D eigenvalue weighted by Gasteiger charge is -2.26. The fourth-order valence-corrected chi connectivity index (χ4v) is 2.48. The van der Waals surface area contributed by atoms with Crippen molar-refractivity contribution in [3.8, 4) is 0 Å². The highest BCUT2D eigenvalue weighted by molar-refractivity contribution is 5.95. The minimum atomic E-state index is -0.244. The van der Waals surface area contributed by atoms with Gasteiger partial charge in [0.25, 0.3) is 0 Å². The maximum atomic E-state index is 12.8. The Morgan fingerprint density at radius 2 is 2.00 bits per heavy atom. The second-order valence-corrected chi connectivity index (χ2v) is 4.74. The summed E-state index contributed by atoms with van der Waals surface area (Å²) in [6, 6.07) is 6.66. The van der Waals surface area contributed by atoms with Crippen LogP contribution in [0.15, 0.2) is 29.3 Å². The highest BCUT2D eigenvalue weighted by Gasteiger charge is 2.36. The van der Waals surface area contributed by atoms with Gasteiger partial charge in [0, 0.05) is 11.6 Å². The number of benzene rings is 1. The molecular formula is C13H15FN2O. The lowest BCUT2D eigenvalue weighted by Crippen LogP contribution is -2.37. The Kier molecular flexibility index (Phi) is 2.59. The Morgan fingerprint density at radius 3 is 2.76 bits per heavy atom. The van der Waals surface area contributed by atoms with Crippen LogP contribution in [0.5, 0.6) is 0 Å². The molecule has 1 aromatic rings. The van der Waals surface area contributed by atoms with Crippen LogP contribution < -0.4 is 5.73 Å². The molecule has 17 heavy (non-hydrogen) atoms. The number of hydrogen-bond donors (Lipinski definition) is 1. The fourth-order valence-electron chi connectivity index (χ4n) is 2.48. The van der Waals surface area contributed by atoms with E-state index in [0.29, 0.717) is 5.90 Å². The topological polar surface area (TPSA) is 47.6 Å². The third kappa shape index (κ3) is 2.05. The van der Waals surface area contributed by atoms with E-state index in [9.17, 15) is 4.39 Å². The SMILES string of the molecule is NC1CCC2OC(c3ccc(F)cc3)=NC2C1. The monoisotopic (exact) mass is 234 g/mol. The zero-order valence-corrected chi connectivity index (χ0v) is 9.47. The molecule has 0 bridgehead atoms. The first-order valence-corrected chi connectivity index (χ1v) is 5.98. The fraction of sp³-hybridized carbons (Fsp3) is 0.462. The molecule has 2 aliphatic rings. The molecule has 0 saturated heterocycles. The van der Waals surface area contributed by atoms with Gasteiger partial charge in [0.2, 0.25) is 5.90 Å². The van der Waals surface area contributed by atoms with E-state index in [4.69, 9.17) is 10.5 Å². The van der Waals surface area contributed by atoms with E-state index in [1.165, 1.54) is 12.1 Å². The zero-order chi connectivity index (χ0) is 11.8. The molecule has 0 radical (unpaired) electrons. The van der Waals surface area contributed by atoms with Crippen molar-refractivity contribution in [3.63, 3.8) is 0 Å². The number of nitrogens with zero attached hydrogens (tertiary/aromatic N) is 1. The molecule has 1 fully saturated rings. The smallest absolute Gasteiger partial charge is 0.216 e. The summed E-state index contributed by atoms with van der Waals surface area (Å²) in [6.45, 7) is 0. The molecule has 0 aromatic heterocycles. The van der Waals surface area contributed by atoms with Crippen LogP contribution in [0.2, 0.25) is 0 Å². The Hall–Kier alpha value is -1.42. The third-order valence-corrected chi connectivity index (χ3v) is 3.43. The van der Waals surface area contributed by atoms with Crippen molar-refractivity contribution in [1.82, 2.24) is 0 Å². The quantitative estimate of drug-likeness (QED) is 0.806. The normalized spacial score (nSPS) is 31.6. The molecule has 3 nitrogen and oxygen atoms in total. The molecule has 3 atom stereocenters. The Labute approximate surface area is 99.5 Å². The molecule has 4 heteroatoms. The average Bonchev–Trinajstić information content (AvgIpc) is 2.72. The zero-order valence-electron chi connectivity index (χ0n) is 9.47. The predicted molar refractivity (Wildman–Crippen MR) is 63.4 cm³/mol. The van der Waals surface area contributed by atoms with Crippen LogP contribution >= 0.6 is 0 Å². The van der Waals surface area contributed by atoms with Gasteiger partial charge in [-0.1, -0.05) is 0 Å². The molecule has 0 amide bonds. The van der Waals surface area contributed by atoms with Crippen molar-refractivity contribution in [1.29, 1.82) is 0 Å². The molecule has 1 heterocycles. The Morgan fingerprint density at radius 1 is 1.24 bits per heavy atom. The van der Waals surface area contributed by atoms with E-state index in [-0.39, 0.29) is 24.0 Å². The van der Waals surface area contributed by atoms with Crippen molar-refractivity contribution in [2.75, 3.05) is 0 Å². The molecule has 1 aromatic carbocycles. The first kappa shape index (κ1) is 10.7. The van der Waals surface area contributed by atoms with E-state index in [1.54, 1.807) is 12.1 Å². The lowest BCUT2D eigenvalue weighted by molar-refractivity contribution is 0.145. The van der Waals surface area contributed by atoms with Crippen LogP contribution in [0.25, 0.3) is 0 Å². The number of ether oxygens (including phenoxy) is 1. The number of aliphatic imine (C=N–C) groups is 1. The minimum absolute atomic E-state index is 0.162. The van der Waals surface area contributed by atoms with Gasteiger partial charge in [-0.2, -0.15) is 0 Å². The second-order valence-electron chi connectivity index (χ2n) is 4.74. The van der Waals surface area contributed by atoms with Gasteiger partial charge < -0.3 is 10.5 Å². The molecule has 3 unspecified atom stereocenters. The first-order valence-electron chi connectivity index (χ1n) is 5.98. The van der Waals surface area contributed by atoms with Gasteiger partial charge in [-0.3, -0.25) is 0 Å². The summed E-state index contributed by atoms with van der Waals surface area (Å²) >= 11 is 0. The van der Waals surface area contributed by atoms with E-state index in [2.05, 4.69) is 4.99 Å². The number of fused-ring (bicyclic) bond motifs is 1. The van der Waals surface area contributed by atoms with Gasteiger partial charge in [0.05, 0.1) is 6.04 Å². The van der Waals surface area contributed by atoms with Gasteiger partial charge in [-0.15, -0.1) is 0 Å². The molecular weight excluding hydrogens is 219 g/mol. The van der Waals surface area contributed by atoms with Gasteiger partial charge in [-0.05, 0) is 43.5 Å². The summed E-state index contributed by atoms with van der Waals surface area (Å²) in [5.41, 5.74) is 6.76. The molecule has 0 spiro atoms. The van der Waals surface area contributed by atoms with Crippen molar-refractivity contribution in [2.24, 2.45) is 10.7 Å².